The molecule has 1 heterocycles. The zero-order chi connectivity index (χ0) is 22.7. The quantitative estimate of drug-likeness (QED) is 0.344. The molecule has 0 atom stereocenters. The van der Waals surface area contributed by atoms with Crippen molar-refractivity contribution in [3.8, 4) is 0 Å². The van der Waals surface area contributed by atoms with Crippen LogP contribution in [0, 0.1) is 0 Å². The summed E-state index contributed by atoms with van der Waals surface area (Å²) in [6.07, 6.45) is 1.33. The highest BCUT2D eigenvalue weighted by molar-refractivity contribution is 6.39. The number of nitrogens with one attached hydrogen (secondary N) is 2. The first-order valence-corrected chi connectivity index (χ1v) is 9.98. The highest BCUT2D eigenvalue weighted by Crippen LogP contribution is 2.36. The molecule has 2 aromatic carbocycles. The minimum absolute atomic E-state index is 0.0387. The maximum atomic E-state index is 12.6. The molecular formula is C22H18Cl2N2O5. The van der Waals surface area contributed by atoms with Crippen molar-refractivity contribution in [2.24, 2.45) is 0 Å². The number of carboxylic acid groups (broad SMARTS) is 1. The number of carbonyl (C=O) groups is 3. The molecule has 0 aliphatic rings. The molecular weight excluding hydrogens is 443 g/mol. The van der Waals surface area contributed by atoms with Crippen molar-refractivity contribution in [2.75, 3.05) is 11.9 Å². The molecule has 9 heteroatoms. The minimum atomic E-state index is -1.26. The molecule has 0 bridgehead atoms. The minimum Gasteiger partial charge on any atom is -0.478 e. The van der Waals surface area contributed by atoms with Crippen molar-refractivity contribution in [1.82, 2.24) is 4.98 Å². The van der Waals surface area contributed by atoms with Gasteiger partial charge in [-0.3, -0.25) is 4.79 Å². The number of anilines is 1. The Kier molecular flexibility index (Phi) is 6.68. The number of halogens is 2. The second kappa shape index (κ2) is 9.24. The number of benzene rings is 2. The number of carboxylic acids is 1. The predicted octanol–water partition coefficient (Wildman–Crippen LogP) is 5.24. The van der Waals surface area contributed by atoms with Gasteiger partial charge in [-0.15, -0.1) is 0 Å². The van der Waals surface area contributed by atoms with Crippen LogP contribution >= 0.6 is 23.2 Å². The van der Waals surface area contributed by atoms with Crippen molar-refractivity contribution in [3.63, 3.8) is 0 Å². The number of hydrogen-bond donors (Lipinski definition) is 3. The molecule has 1 amide bonds. The second-order valence-electron chi connectivity index (χ2n) is 6.53. The van der Waals surface area contributed by atoms with Crippen LogP contribution in [0.25, 0.3) is 22.6 Å². The fourth-order valence-corrected chi connectivity index (χ4v) is 3.79. The first-order valence-electron chi connectivity index (χ1n) is 9.22. The topological polar surface area (TPSA) is 108 Å². The number of esters is 1. The van der Waals surface area contributed by atoms with Crippen LogP contribution in [0.1, 0.15) is 35.5 Å². The highest BCUT2D eigenvalue weighted by atomic mass is 35.5. The number of aromatic amines is 1. The molecule has 0 saturated heterocycles. The van der Waals surface area contributed by atoms with Crippen LogP contribution in [0.3, 0.4) is 0 Å². The van der Waals surface area contributed by atoms with Crippen LogP contribution < -0.4 is 5.32 Å². The van der Waals surface area contributed by atoms with Gasteiger partial charge in [-0.1, -0.05) is 41.4 Å². The number of rotatable bonds is 6. The average molecular weight is 461 g/mol. The number of para-hydroxylation sites is 1. The number of amides is 1. The fourth-order valence-electron chi connectivity index (χ4n) is 3.20. The third kappa shape index (κ3) is 4.73. The molecule has 7 nitrogen and oxygen atoms in total. The normalized spacial score (nSPS) is 11.4. The Labute approximate surface area is 187 Å². The van der Waals surface area contributed by atoms with Crippen LogP contribution in [0.4, 0.5) is 5.69 Å². The van der Waals surface area contributed by atoms with E-state index < -0.39 is 11.9 Å². The van der Waals surface area contributed by atoms with Gasteiger partial charge in [0.05, 0.1) is 17.2 Å². The highest BCUT2D eigenvalue weighted by Gasteiger charge is 2.23. The third-order valence-electron chi connectivity index (χ3n) is 4.38. The van der Waals surface area contributed by atoms with Crippen LogP contribution in [-0.4, -0.2) is 34.5 Å². The summed E-state index contributed by atoms with van der Waals surface area (Å²) in [4.78, 5) is 39.2. The molecule has 0 saturated carbocycles. The summed E-state index contributed by atoms with van der Waals surface area (Å²) in [6, 6.07) is 9.53. The van der Waals surface area contributed by atoms with Crippen LogP contribution in [-0.2, 0) is 14.3 Å². The summed E-state index contributed by atoms with van der Waals surface area (Å²) < 4.78 is 5.11. The summed E-state index contributed by atoms with van der Waals surface area (Å²) in [5, 5.41) is 13.6. The Hall–Kier alpha value is -3.29. The van der Waals surface area contributed by atoms with Gasteiger partial charge < -0.3 is 20.1 Å². The number of aromatic nitrogens is 1. The first-order chi connectivity index (χ1) is 14.7. The summed E-state index contributed by atoms with van der Waals surface area (Å²) in [7, 11) is 0. The van der Waals surface area contributed by atoms with Crippen molar-refractivity contribution >= 4 is 69.3 Å². The van der Waals surface area contributed by atoms with Gasteiger partial charge in [0.1, 0.15) is 5.69 Å². The van der Waals surface area contributed by atoms with Crippen LogP contribution in [0.15, 0.2) is 36.4 Å². The number of fused-ring (bicyclic) bond motifs is 1. The zero-order valence-corrected chi connectivity index (χ0v) is 18.1. The smallest absolute Gasteiger partial charge is 0.355 e. The average Bonchev–Trinajstić information content (AvgIpc) is 3.04. The SMILES string of the molecule is CCOC(=O)c1[nH]c2cc(Cl)cc(Cl)c2c1C=C(C(=O)O)c1ccccc1NC(C)=O. The van der Waals surface area contributed by atoms with E-state index in [1.165, 1.54) is 19.1 Å². The maximum absolute atomic E-state index is 12.6. The number of aliphatic carboxylic acids is 1. The van der Waals surface area contributed by atoms with E-state index in [1.54, 1.807) is 37.3 Å². The number of H-pyrrole nitrogens is 1. The molecule has 0 spiro atoms. The van der Waals surface area contributed by atoms with Crippen molar-refractivity contribution in [2.45, 2.75) is 13.8 Å². The Morgan fingerprint density at radius 3 is 2.55 bits per heavy atom. The fraction of sp³-hybridized carbons (Fsp3) is 0.136. The van der Waals surface area contributed by atoms with Gasteiger partial charge in [-0.2, -0.15) is 0 Å². The van der Waals surface area contributed by atoms with Gasteiger partial charge in [-0.25, -0.2) is 9.59 Å². The molecule has 0 fully saturated rings. The van der Waals surface area contributed by atoms with Gasteiger partial charge >= 0.3 is 11.9 Å². The Bertz CT molecular complexity index is 1230. The van der Waals surface area contributed by atoms with E-state index in [9.17, 15) is 19.5 Å². The van der Waals surface area contributed by atoms with Gasteiger partial charge in [0.25, 0.3) is 0 Å². The molecule has 0 aliphatic carbocycles. The van der Waals surface area contributed by atoms with E-state index in [0.29, 0.717) is 21.6 Å². The third-order valence-corrected chi connectivity index (χ3v) is 4.90. The molecule has 1 aromatic heterocycles. The standard InChI is InChI=1S/C22H18Cl2N2O5/c1-3-31-22(30)20-15(19-16(24)8-12(23)9-18(19)26-20)10-14(21(28)29)13-6-4-5-7-17(13)25-11(2)27/h4-10,26H,3H2,1-2H3,(H,25,27)(H,28,29). The monoisotopic (exact) mass is 460 g/mol. The molecule has 0 radical (unpaired) electrons. The van der Waals surface area contributed by atoms with Gasteiger partial charge in [0.15, 0.2) is 0 Å². The zero-order valence-electron chi connectivity index (χ0n) is 16.6. The number of hydrogen-bond acceptors (Lipinski definition) is 4. The predicted molar refractivity (Wildman–Crippen MR) is 121 cm³/mol. The number of ether oxygens (including phenoxy) is 1. The van der Waals surface area contributed by atoms with Gasteiger partial charge in [0, 0.05) is 39.7 Å². The first kappa shape index (κ1) is 22.4. The lowest BCUT2D eigenvalue weighted by Crippen LogP contribution is -2.10. The largest absolute Gasteiger partial charge is 0.478 e. The molecule has 31 heavy (non-hydrogen) atoms. The Morgan fingerprint density at radius 2 is 1.90 bits per heavy atom. The molecule has 3 aromatic rings. The summed E-state index contributed by atoms with van der Waals surface area (Å²) in [6.45, 7) is 3.11. The summed E-state index contributed by atoms with van der Waals surface area (Å²) in [5.41, 5.74) is 1.16. The molecule has 3 N–H and O–H groups in total. The van der Waals surface area contributed by atoms with E-state index in [4.69, 9.17) is 27.9 Å². The van der Waals surface area contributed by atoms with Crippen LogP contribution in [0.5, 0.6) is 0 Å². The summed E-state index contributed by atoms with van der Waals surface area (Å²) >= 11 is 12.5. The van der Waals surface area contributed by atoms with Crippen molar-refractivity contribution in [1.29, 1.82) is 0 Å². The second-order valence-corrected chi connectivity index (χ2v) is 7.38. The lowest BCUT2D eigenvalue weighted by atomic mass is 9.99. The van der Waals surface area contributed by atoms with E-state index in [1.807, 2.05) is 0 Å². The van der Waals surface area contributed by atoms with Gasteiger partial charge in [0.2, 0.25) is 5.91 Å². The Balaban J connectivity index is 2.33. The Morgan fingerprint density at radius 1 is 1.19 bits per heavy atom. The summed E-state index contributed by atoms with van der Waals surface area (Å²) in [5.74, 6) is -2.28. The van der Waals surface area contributed by atoms with Crippen molar-refractivity contribution in [3.05, 3.63) is 63.3 Å². The molecule has 160 valence electrons. The molecule has 0 aliphatic heterocycles. The van der Waals surface area contributed by atoms with Gasteiger partial charge in [-0.05, 0) is 31.2 Å². The van der Waals surface area contributed by atoms with E-state index in [0.717, 1.165) is 0 Å². The lowest BCUT2D eigenvalue weighted by molar-refractivity contribution is -0.130. The maximum Gasteiger partial charge on any atom is 0.355 e. The molecule has 3 rings (SSSR count). The van der Waals surface area contributed by atoms with E-state index >= 15 is 0 Å². The van der Waals surface area contributed by atoms with Crippen molar-refractivity contribution < 1.29 is 24.2 Å². The van der Waals surface area contributed by atoms with E-state index in [2.05, 4.69) is 10.3 Å². The van der Waals surface area contributed by atoms with E-state index in [-0.39, 0.29) is 39.9 Å². The van der Waals surface area contributed by atoms with Crippen LogP contribution in [0.2, 0.25) is 10.0 Å². The lowest BCUT2D eigenvalue weighted by Gasteiger charge is -2.11. The number of carbonyl (C=O) groups excluding carboxylic acids is 2. The molecule has 0 unspecified atom stereocenters.